The van der Waals surface area contributed by atoms with Gasteiger partial charge in [0, 0.05) is 11.6 Å². The van der Waals surface area contributed by atoms with E-state index in [2.05, 4.69) is 10.3 Å². The Morgan fingerprint density at radius 1 is 1.27 bits per heavy atom. The molecule has 2 aromatic rings. The highest BCUT2D eigenvalue weighted by Crippen LogP contribution is 2.36. The molecule has 9 heteroatoms. The molecule has 0 unspecified atom stereocenters. The van der Waals surface area contributed by atoms with Crippen molar-refractivity contribution in [1.29, 1.82) is 0 Å². The van der Waals surface area contributed by atoms with Crippen molar-refractivity contribution in [3.05, 3.63) is 28.8 Å². The number of benzene rings is 1. The molecule has 0 aliphatic carbocycles. The van der Waals surface area contributed by atoms with E-state index in [4.69, 9.17) is 4.74 Å². The van der Waals surface area contributed by atoms with Crippen LogP contribution in [-0.2, 0) is 4.74 Å². The van der Waals surface area contributed by atoms with Gasteiger partial charge in [-0.1, -0.05) is 0 Å². The number of carbonyl (C=O) groups excluding carboxylic acids is 1. The van der Waals surface area contributed by atoms with E-state index >= 15 is 0 Å². The van der Waals surface area contributed by atoms with Crippen LogP contribution in [0.25, 0.3) is 10.2 Å². The second-order valence-electron chi connectivity index (χ2n) is 6.61. The SMILES string of the molecule is CC(C)NC(=O)c1ccc2sc([C@@H]3O[C@H](CO)[C@H](O)[C@H](O)[C@H]3O)nc2c1. The van der Waals surface area contributed by atoms with Crippen molar-refractivity contribution in [2.24, 2.45) is 0 Å². The summed E-state index contributed by atoms with van der Waals surface area (Å²) in [6.07, 6.45) is -6.21. The molecule has 5 atom stereocenters. The van der Waals surface area contributed by atoms with E-state index in [1.54, 1.807) is 18.2 Å². The van der Waals surface area contributed by atoms with Crippen molar-refractivity contribution in [3.8, 4) is 0 Å². The first-order chi connectivity index (χ1) is 12.3. The Hall–Kier alpha value is -1.62. The third-order valence-electron chi connectivity index (χ3n) is 4.22. The Labute approximate surface area is 154 Å². The number of aliphatic hydroxyl groups is 4. The predicted molar refractivity (Wildman–Crippen MR) is 94.9 cm³/mol. The maximum absolute atomic E-state index is 12.1. The third-order valence-corrected chi connectivity index (χ3v) is 5.32. The largest absolute Gasteiger partial charge is 0.394 e. The molecular formula is C17H22N2O6S. The normalized spacial score (nSPS) is 29.3. The van der Waals surface area contributed by atoms with Crippen molar-refractivity contribution >= 4 is 27.5 Å². The van der Waals surface area contributed by atoms with Crippen LogP contribution in [0.1, 0.15) is 35.3 Å². The molecule has 142 valence electrons. The summed E-state index contributed by atoms with van der Waals surface area (Å²) in [5, 5.41) is 42.6. The van der Waals surface area contributed by atoms with E-state index in [1.807, 2.05) is 13.8 Å². The van der Waals surface area contributed by atoms with Gasteiger partial charge in [0.05, 0.1) is 16.8 Å². The zero-order valence-corrected chi connectivity index (χ0v) is 15.2. The average molecular weight is 382 g/mol. The van der Waals surface area contributed by atoms with Gasteiger partial charge in [0.1, 0.15) is 35.5 Å². The summed E-state index contributed by atoms with van der Waals surface area (Å²) in [5.74, 6) is -0.204. The molecule has 1 aromatic heterocycles. The van der Waals surface area contributed by atoms with Crippen LogP contribution in [0.4, 0.5) is 0 Å². The summed E-state index contributed by atoms with van der Waals surface area (Å²) in [6.45, 7) is 3.25. The predicted octanol–water partition coefficient (Wildman–Crippen LogP) is -0.0506. The van der Waals surface area contributed by atoms with Gasteiger partial charge in [-0.05, 0) is 32.0 Å². The lowest BCUT2D eigenvalue weighted by molar-refractivity contribution is -0.231. The van der Waals surface area contributed by atoms with E-state index < -0.39 is 37.1 Å². The fourth-order valence-corrected chi connectivity index (χ4v) is 3.89. The van der Waals surface area contributed by atoms with E-state index in [0.29, 0.717) is 16.1 Å². The minimum Gasteiger partial charge on any atom is -0.394 e. The van der Waals surface area contributed by atoms with Gasteiger partial charge in [-0.3, -0.25) is 4.79 Å². The molecule has 1 fully saturated rings. The monoisotopic (exact) mass is 382 g/mol. The van der Waals surface area contributed by atoms with Crippen LogP contribution in [0, 0.1) is 0 Å². The van der Waals surface area contributed by atoms with Crippen molar-refractivity contribution < 1.29 is 30.0 Å². The van der Waals surface area contributed by atoms with Crippen molar-refractivity contribution in [2.45, 2.75) is 50.4 Å². The molecule has 1 aromatic carbocycles. The van der Waals surface area contributed by atoms with E-state index in [0.717, 1.165) is 4.70 Å². The molecule has 1 aliphatic heterocycles. The van der Waals surface area contributed by atoms with E-state index in [9.17, 15) is 25.2 Å². The molecule has 0 saturated carbocycles. The summed E-state index contributed by atoms with van der Waals surface area (Å²) in [5.41, 5.74) is 1.04. The fraction of sp³-hybridized carbons (Fsp3) is 0.529. The van der Waals surface area contributed by atoms with Gasteiger partial charge in [0.25, 0.3) is 5.91 Å². The maximum Gasteiger partial charge on any atom is 0.251 e. The van der Waals surface area contributed by atoms with Crippen LogP contribution < -0.4 is 5.32 Å². The average Bonchev–Trinajstić information content (AvgIpc) is 3.02. The van der Waals surface area contributed by atoms with Crippen LogP contribution in [0.2, 0.25) is 0 Å². The zero-order chi connectivity index (χ0) is 19.0. The van der Waals surface area contributed by atoms with Gasteiger partial charge >= 0.3 is 0 Å². The number of fused-ring (bicyclic) bond motifs is 1. The van der Waals surface area contributed by atoms with Crippen LogP contribution in [0.5, 0.6) is 0 Å². The topological polar surface area (TPSA) is 132 Å². The smallest absolute Gasteiger partial charge is 0.251 e. The first-order valence-corrected chi connectivity index (χ1v) is 9.15. The van der Waals surface area contributed by atoms with Gasteiger partial charge in [0.15, 0.2) is 0 Å². The highest BCUT2D eigenvalue weighted by Gasteiger charge is 2.45. The van der Waals surface area contributed by atoms with Crippen LogP contribution in [0.15, 0.2) is 18.2 Å². The van der Waals surface area contributed by atoms with Crippen molar-refractivity contribution in [1.82, 2.24) is 10.3 Å². The summed E-state index contributed by atoms with van der Waals surface area (Å²) in [4.78, 5) is 16.5. The van der Waals surface area contributed by atoms with Gasteiger partial charge in [-0.25, -0.2) is 4.98 Å². The Balaban J connectivity index is 1.90. The number of nitrogens with one attached hydrogen (secondary N) is 1. The molecule has 26 heavy (non-hydrogen) atoms. The van der Waals surface area contributed by atoms with Crippen LogP contribution in [0.3, 0.4) is 0 Å². The highest BCUT2D eigenvalue weighted by atomic mass is 32.1. The number of hydrogen-bond acceptors (Lipinski definition) is 8. The number of carbonyl (C=O) groups is 1. The van der Waals surface area contributed by atoms with E-state index in [1.165, 1.54) is 11.3 Å². The molecule has 3 rings (SSSR count). The number of ether oxygens (including phenoxy) is 1. The lowest BCUT2D eigenvalue weighted by atomic mass is 9.95. The minimum absolute atomic E-state index is 0.0123. The Kier molecular flexibility index (Phi) is 5.56. The number of aromatic nitrogens is 1. The molecule has 5 N–H and O–H groups in total. The number of nitrogens with zero attached hydrogens (tertiary/aromatic N) is 1. The first-order valence-electron chi connectivity index (χ1n) is 8.33. The Bertz CT molecular complexity index is 793. The minimum atomic E-state index is -1.45. The quantitative estimate of drug-likeness (QED) is 0.501. The number of aliphatic hydroxyl groups excluding tert-OH is 4. The van der Waals surface area contributed by atoms with Crippen LogP contribution >= 0.6 is 11.3 Å². The Morgan fingerprint density at radius 2 is 2.00 bits per heavy atom. The molecule has 0 bridgehead atoms. The van der Waals surface area contributed by atoms with Gasteiger partial charge in [-0.2, -0.15) is 0 Å². The molecule has 1 amide bonds. The lowest BCUT2D eigenvalue weighted by Crippen LogP contribution is -2.55. The van der Waals surface area contributed by atoms with Crippen molar-refractivity contribution in [2.75, 3.05) is 6.61 Å². The fourth-order valence-electron chi connectivity index (χ4n) is 2.86. The lowest BCUT2D eigenvalue weighted by Gasteiger charge is -2.39. The molecule has 1 aliphatic rings. The Morgan fingerprint density at radius 3 is 2.65 bits per heavy atom. The molecule has 1 saturated heterocycles. The van der Waals surface area contributed by atoms with Gasteiger partial charge in [0.2, 0.25) is 0 Å². The number of thiazole rings is 1. The molecule has 8 nitrogen and oxygen atoms in total. The van der Waals surface area contributed by atoms with E-state index in [-0.39, 0.29) is 11.9 Å². The molecule has 0 radical (unpaired) electrons. The zero-order valence-electron chi connectivity index (χ0n) is 14.4. The van der Waals surface area contributed by atoms with Gasteiger partial charge in [-0.15, -0.1) is 11.3 Å². The summed E-state index contributed by atoms with van der Waals surface area (Å²) < 4.78 is 6.32. The standard InChI is InChI=1S/C17H22N2O6S/c1-7(2)18-16(24)8-3-4-11-9(5-8)19-17(26-11)15-14(23)13(22)12(21)10(6-20)25-15/h3-5,7,10,12-15,20-23H,6H2,1-2H3,(H,18,24)/t10-,12+,13+,14-,15-/m1/s1. The molecule has 2 heterocycles. The molecule has 0 spiro atoms. The number of amides is 1. The summed E-state index contributed by atoms with van der Waals surface area (Å²) in [6, 6.07) is 5.11. The third kappa shape index (κ3) is 3.59. The maximum atomic E-state index is 12.1. The number of rotatable bonds is 4. The summed E-state index contributed by atoms with van der Waals surface area (Å²) in [7, 11) is 0. The molecular weight excluding hydrogens is 360 g/mol. The van der Waals surface area contributed by atoms with Crippen LogP contribution in [-0.4, -0.2) is 68.4 Å². The second-order valence-corrected chi connectivity index (χ2v) is 7.67. The number of hydrogen-bond donors (Lipinski definition) is 5. The summed E-state index contributed by atoms with van der Waals surface area (Å²) >= 11 is 1.26. The van der Waals surface area contributed by atoms with Gasteiger partial charge < -0.3 is 30.5 Å². The second kappa shape index (κ2) is 7.55. The van der Waals surface area contributed by atoms with Crippen molar-refractivity contribution in [3.63, 3.8) is 0 Å². The highest BCUT2D eigenvalue weighted by molar-refractivity contribution is 7.18. The first kappa shape index (κ1) is 19.2.